The lowest BCUT2D eigenvalue weighted by atomic mass is 9.67. The fourth-order valence-corrected chi connectivity index (χ4v) is 3.96. The van der Waals surface area contributed by atoms with Crippen LogP contribution in [0.5, 0.6) is 0 Å². The minimum absolute atomic E-state index is 0.151. The zero-order chi connectivity index (χ0) is 9.92. The van der Waals surface area contributed by atoms with Crippen molar-refractivity contribution in [2.24, 2.45) is 29.1 Å². The Morgan fingerprint density at radius 2 is 2.43 bits per heavy atom. The van der Waals surface area contributed by atoms with Gasteiger partial charge >= 0.3 is 0 Å². The molecule has 74 valence electrons. The Morgan fingerprint density at radius 3 is 3.14 bits per heavy atom. The molecule has 2 aliphatic carbocycles. The van der Waals surface area contributed by atoms with Gasteiger partial charge in [-0.15, -0.1) is 0 Å². The number of nitrogens with zero attached hydrogens (tertiary/aromatic N) is 1. The van der Waals surface area contributed by atoms with E-state index in [1.54, 1.807) is 0 Å². The fourth-order valence-electron chi connectivity index (χ4n) is 3.96. The first-order chi connectivity index (χ1) is 6.65. The lowest BCUT2D eigenvalue weighted by Crippen LogP contribution is -2.35. The SMILES string of the molecule is CC1(C#N)CC2CC1C1C(=O)NCC21. The Kier molecular flexibility index (Phi) is 1.36. The highest BCUT2D eigenvalue weighted by Gasteiger charge is 2.62. The zero-order valence-electron chi connectivity index (χ0n) is 8.29. The second-order valence-corrected chi connectivity index (χ2v) is 5.27. The molecule has 1 saturated heterocycles. The van der Waals surface area contributed by atoms with Crippen LogP contribution in [0, 0.1) is 40.4 Å². The van der Waals surface area contributed by atoms with Gasteiger partial charge in [0.2, 0.25) is 5.91 Å². The van der Waals surface area contributed by atoms with E-state index >= 15 is 0 Å². The highest BCUT2D eigenvalue weighted by Crippen LogP contribution is 2.61. The van der Waals surface area contributed by atoms with Crippen LogP contribution in [-0.4, -0.2) is 12.5 Å². The summed E-state index contributed by atoms with van der Waals surface area (Å²) in [7, 11) is 0. The van der Waals surface area contributed by atoms with Gasteiger partial charge in [-0.2, -0.15) is 5.26 Å². The number of hydrogen-bond donors (Lipinski definition) is 1. The lowest BCUT2D eigenvalue weighted by Gasteiger charge is -2.33. The van der Waals surface area contributed by atoms with Crippen molar-refractivity contribution in [3.63, 3.8) is 0 Å². The number of fused-ring (bicyclic) bond motifs is 5. The van der Waals surface area contributed by atoms with E-state index in [4.69, 9.17) is 0 Å². The first-order valence-corrected chi connectivity index (χ1v) is 5.35. The maximum Gasteiger partial charge on any atom is 0.223 e. The van der Waals surface area contributed by atoms with Gasteiger partial charge in [-0.1, -0.05) is 0 Å². The second kappa shape index (κ2) is 2.31. The van der Waals surface area contributed by atoms with Crippen LogP contribution in [0.15, 0.2) is 0 Å². The summed E-state index contributed by atoms with van der Waals surface area (Å²) < 4.78 is 0. The van der Waals surface area contributed by atoms with Crippen molar-refractivity contribution in [2.75, 3.05) is 6.54 Å². The van der Waals surface area contributed by atoms with Crippen molar-refractivity contribution in [1.29, 1.82) is 5.26 Å². The van der Waals surface area contributed by atoms with Gasteiger partial charge in [0, 0.05) is 12.5 Å². The third kappa shape index (κ3) is 0.755. The molecule has 1 heterocycles. The molecule has 3 fully saturated rings. The van der Waals surface area contributed by atoms with Gasteiger partial charge in [0.25, 0.3) is 0 Å². The molecule has 0 aromatic heterocycles. The molecule has 3 rings (SSSR count). The van der Waals surface area contributed by atoms with E-state index in [1.165, 1.54) is 0 Å². The molecular weight excluding hydrogens is 176 g/mol. The van der Waals surface area contributed by atoms with Crippen LogP contribution >= 0.6 is 0 Å². The monoisotopic (exact) mass is 190 g/mol. The molecule has 1 N–H and O–H groups in total. The van der Waals surface area contributed by atoms with E-state index in [1.807, 2.05) is 6.92 Å². The predicted molar refractivity (Wildman–Crippen MR) is 49.9 cm³/mol. The molecule has 2 saturated carbocycles. The van der Waals surface area contributed by atoms with Crippen LogP contribution in [-0.2, 0) is 4.79 Å². The van der Waals surface area contributed by atoms with Crippen LogP contribution in [0.2, 0.25) is 0 Å². The van der Waals surface area contributed by atoms with E-state index in [9.17, 15) is 10.1 Å². The topological polar surface area (TPSA) is 52.9 Å². The number of carbonyl (C=O) groups is 1. The normalized spacial score (nSPS) is 54.1. The number of nitriles is 1. The summed E-state index contributed by atoms with van der Waals surface area (Å²) in [6.45, 7) is 2.88. The standard InChI is InChI=1S/C11H14N2O/c1-11(5-12)3-6-2-8(11)9-7(6)4-13-10(9)14/h6-9H,2-4H2,1H3,(H,13,14). The maximum absolute atomic E-state index is 11.6. The molecule has 0 aromatic rings. The average Bonchev–Trinajstić information content (AvgIpc) is 2.78. The Labute approximate surface area is 83.5 Å². The molecule has 3 nitrogen and oxygen atoms in total. The van der Waals surface area contributed by atoms with Crippen molar-refractivity contribution in [1.82, 2.24) is 5.32 Å². The van der Waals surface area contributed by atoms with Crippen LogP contribution in [0.4, 0.5) is 0 Å². The molecular formula is C11H14N2O. The van der Waals surface area contributed by atoms with Gasteiger partial charge in [0.15, 0.2) is 0 Å². The number of amides is 1. The van der Waals surface area contributed by atoms with Gasteiger partial charge in [0.1, 0.15) is 0 Å². The molecule has 1 aliphatic heterocycles. The van der Waals surface area contributed by atoms with Crippen molar-refractivity contribution < 1.29 is 4.79 Å². The number of rotatable bonds is 0. The highest BCUT2D eigenvalue weighted by atomic mass is 16.2. The first kappa shape index (κ1) is 8.28. The zero-order valence-corrected chi connectivity index (χ0v) is 8.29. The molecule has 2 bridgehead atoms. The van der Waals surface area contributed by atoms with Gasteiger partial charge in [-0.05, 0) is 37.5 Å². The molecule has 3 heteroatoms. The maximum atomic E-state index is 11.6. The molecule has 0 aromatic carbocycles. The van der Waals surface area contributed by atoms with Gasteiger partial charge < -0.3 is 5.32 Å². The summed E-state index contributed by atoms with van der Waals surface area (Å²) in [4.78, 5) is 11.6. The molecule has 3 aliphatic rings. The minimum Gasteiger partial charge on any atom is -0.356 e. The van der Waals surface area contributed by atoms with E-state index in [0.29, 0.717) is 17.8 Å². The Bertz CT molecular complexity index is 346. The first-order valence-electron chi connectivity index (χ1n) is 5.35. The molecule has 0 spiro atoms. The Balaban J connectivity index is 1.99. The fraction of sp³-hybridized carbons (Fsp3) is 0.818. The summed E-state index contributed by atoms with van der Waals surface area (Å²) >= 11 is 0. The van der Waals surface area contributed by atoms with Crippen LogP contribution in [0.3, 0.4) is 0 Å². The van der Waals surface area contributed by atoms with Gasteiger partial charge in [0.05, 0.1) is 11.5 Å². The number of hydrogen-bond acceptors (Lipinski definition) is 2. The highest BCUT2D eigenvalue weighted by molar-refractivity contribution is 5.82. The van der Waals surface area contributed by atoms with E-state index in [2.05, 4.69) is 11.4 Å². The third-order valence-corrected chi connectivity index (χ3v) is 4.63. The van der Waals surface area contributed by atoms with Crippen molar-refractivity contribution in [3.05, 3.63) is 0 Å². The Hall–Kier alpha value is -1.04. The number of nitrogens with one attached hydrogen (secondary N) is 1. The molecule has 0 radical (unpaired) electrons. The quantitative estimate of drug-likeness (QED) is 0.617. The second-order valence-electron chi connectivity index (χ2n) is 5.27. The number of carbonyl (C=O) groups excluding carboxylic acids is 1. The van der Waals surface area contributed by atoms with Crippen LogP contribution in [0.25, 0.3) is 0 Å². The van der Waals surface area contributed by atoms with Crippen molar-refractivity contribution in [2.45, 2.75) is 19.8 Å². The molecule has 5 atom stereocenters. The molecule has 14 heavy (non-hydrogen) atoms. The van der Waals surface area contributed by atoms with Crippen molar-refractivity contribution in [3.8, 4) is 6.07 Å². The third-order valence-electron chi connectivity index (χ3n) is 4.63. The summed E-state index contributed by atoms with van der Waals surface area (Å²) in [5.41, 5.74) is -0.229. The smallest absolute Gasteiger partial charge is 0.223 e. The molecule has 1 amide bonds. The van der Waals surface area contributed by atoms with Gasteiger partial charge in [-0.3, -0.25) is 4.79 Å². The van der Waals surface area contributed by atoms with Crippen LogP contribution in [0.1, 0.15) is 19.8 Å². The van der Waals surface area contributed by atoms with E-state index < -0.39 is 0 Å². The Morgan fingerprint density at radius 1 is 1.64 bits per heavy atom. The summed E-state index contributed by atoms with van der Waals surface area (Å²) in [5, 5.41) is 12.1. The van der Waals surface area contributed by atoms with E-state index in [-0.39, 0.29) is 17.2 Å². The molecule has 5 unspecified atom stereocenters. The van der Waals surface area contributed by atoms with Gasteiger partial charge in [-0.25, -0.2) is 0 Å². The summed E-state index contributed by atoms with van der Waals surface area (Å²) in [6.07, 6.45) is 2.11. The average molecular weight is 190 g/mol. The van der Waals surface area contributed by atoms with E-state index in [0.717, 1.165) is 19.4 Å². The minimum atomic E-state index is -0.229. The van der Waals surface area contributed by atoms with Crippen molar-refractivity contribution >= 4 is 5.91 Å². The summed E-state index contributed by atoms with van der Waals surface area (Å²) in [5.74, 6) is 1.83. The largest absolute Gasteiger partial charge is 0.356 e. The lowest BCUT2D eigenvalue weighted by molar-refractivity contribution is -0.125. The summed E-state index contributed by atoms with van der Waals surface area (Å²) in [6, 6.07) is 2.42. The predicted octanol–water partition coefficient (Wildman–Crippen LogP) is 0.918. The van der Waals surface area contributed by atoms with Crippen LogP contribution < -0.4 is 5.32 Å².